The predicted molar refractivity (Wildman–Crippen MR) is 455 cm³/mol. The van der Waals surface area contributed by atoms with Crippen molar-refractivity contribution < 1.29 is 67.6 Å². The van der Waals surface area contributed by atoms with Gasteiger partial charge in [-0.3, -0.25) is 0 Å². The molecule has 4 heterocycles. The zero-order chi connectivity index (χ0) is 107. The van der Waals surface area contributed by atoms with Crippen molar-refractivity contribution in [2.24, 2.45) is 28.2 Å². The Kier molecular flexibility index (Phi) is 13.2. The van der Waals surface area contributed by atoms with E-state index in [-0.39, 0.29) is 100 Å². The van der Waals surface area contributed by atoms with Crippen molar-refractivity contribution in [2.45, 2.75) is 131 Å². The average Bonchev–Trinajstić information content (AvgIpc) is 0.733. The lowest BCUT2D eigenvalue weighted by molar-refractivity contribution is -0.660. The molecule has 107 heavy (non-hydrogen) atoms. The molecule has 0 amide bonds. The van der Waals surface area contributed by atoms with E-state index in [0.29, 0.717) is 50.3 Å². The van der Waals surface area contributed by atoms with Crippen LogP contribution >= 0.6 is 0 Å². The molecule has 10 aromatic carbocycles. The zero-order valence-corrected chi connectivity index (χ0v) is 62.0. The highest BCUT2D eigenvalue weighted by Crippen LogP contribution is 2.42. The summed E-state index contributed by atoms with van der Waals surface area (Å²) in [5.41, 5.74) is 15.4. The molecule has 0 N–H and O–H groups in total. The predicted octanol–water partition coefficient (Wildman–Crippen LogP) is 24.6. The molecule has 14 aromatic rings. The van der Waals surface area contributed by atoms with E-state index in [4.69, 9.17) is 49.3 Å². The number of aryl methyl sites for hydroxylation is 19. The second-order valence-corrected chi connectivity index (χ2v) is 26.9. The van der Waals surface area contributed by atoms with E-state index in [9.17, 15) is 0 Å². The van der Waals surface area contributed by atoms with Crippen LogP contribution in [0.4, 0.5) is 0 Å². The van der Waals surface area contributed by atoms with Gasteiger partial charge in [-0.25, -0.2) is 18.3 Å². The Morgan fingerprint density at radius 2 is 0.551 bits per heavy atom. The fourth-order valence-corrected chi connectivity index (χ4v) is 14.2. The number of pyridine rings is 4. The molecule has 0 fully saturated rings. The van der Waals surface area contributed by atoms with E-state index in [2.05, 4.69) is 23.6 Å². The molecule has 0 aliphatic rings. The van der Waals surface area contributed by atoms with Crippen LogP contribution in [0.2, 0.25) is 0 Å². The molecule has 0 aliphatic carbocycles. The van der Waals surface area contributed by atoms with Crippen molar-refractivity contribution in [3.63, 3.8) is 0 Å². The molecule has 538 valence electrons. The Hall–Kier alpha value is -11.2. The van der Waals surface area contributed by atoms with E-state index in [0.717, 1.165) is 67.0 Å². The van der Waals surface area contributed by atoms with E-state index in [1.165, 1.54) is 83.7 Å². The Balaban J connectivity index is 0.000000187. The summed E-state index contributed by atoms with van der Waals surface area (Å²) < 4.78 is 298. The van der Waals surface area contributed by atoms with Gasteiger partial charge in [-0.05, 0) is 317 Å². The van der Waals surface area contributed by atoms with Gasteiger partial charge in [-0.2, -0.15) is 0 Å². The number of benzene rings is 10. The summed E-state index contributed by atoms with van der Waals surface area (Å²) in [4.78, 5) is 0. The Morgan fingerprint density at radius 1 is 0.196 bits per heavy atom. The van der Waals surface area contributed by atoms with Crippen molar-refractivity contribution in [3.05, 3.63) is 355 Å². The maximum absolute atomic E-state index is 8.28. The minimum Gasteiger partial charge on any atom is -0.201 e. The van der Waals surface area contributed by atoms with Crippen molar-refractivity contribution in [1.29, 1.82) is 0 Å². The van der Waals surface area contributed by atoms with E-state index >= 15 is 0 Å². The fourth-order valence-electron chi connectivity index (χ4n) is 14.2. The van der Waals surface area contributed by atoms with Crippen molar-refractivity contribution in [2.75, 3.05) is 0 Å². The molecule has 4 nitrogen and oxygen atoms in total. The maximum atomic E-state index is 8.28. The van der Waals surface area contributed by atoms with Crippen LogP contribution in [0.1, 0.15) is 155 Å². The third-order valence-corrected chi connectivity index (χ3v) is 19.7. The van der Waals surface area contributed by atoms with Gasteiger partial charge >= 0.3 is 0 Å². The van der Waals surface area contributed by atoms with Gasteiger partial charge in [0.2, 0.25) is 22.8 Å². The summed E-state index contributed by atoms with van der Waals surface area (Å²) in [5, 5.41) is 0. The smallest absolute Gasteiger partial charge is 0.201 e. The SMILES string of the molecule is [2H]C([2H])([2H])c1c[n+](C)c(-c2ccc(C([2H])([2H])[2H])c(-c3ccccc3C([2H])([2H])[2H])c2C)cc1-c1c(C([2H])([2H])[2H])cccc1C([2H])([2H])[2H].[2H]C([2H])([2H])c1cc(C)ccc1-c1cc(-c2ccc(C([2H])([2H])[2H])c(-c3ccccc3C([2H])([2H])[2H])c2C)[n+](C)cc1C([2H])([2H])[2H].[2H]C([2H])([2H])c1ccc(-c2cccc(-c3c(C)cccc3C([2H])([2H])[2H])c2C)[n+](C)c1.[2H]C([2H])([2H])c1cccc(C)c1-c1cccc(-c2cccc[n+]2C)c1C. The minimum atomic E-state index is -2.80. The maximum Gasteiger partial charge on any atom is 0.213 e. The summed E-state index contributed by atoms with van der Waals surface area (Å²) >= 11 is 0. The van der Waals surface area contributed by atoms with Crippen LogP contribution in [0, 0.1) is 131 Å². The van der Waals surface area contributed by atoms with Crippen molar-refractivity contribution >= 4 is 0 Å². The van der Waals surface area contributed by atoms with Gasteiger partial charge in [0, 0.05) is 119 Å². The second-order valence-electron chi connectivity index (χ2n) is 26.9. The molecule has 4 heteroatoms. The second kappa shape index (κ2) is 33.1. The first-order valence-corrected chi connectivity index (χ1v) is 34.9. The number of hydrogen-bond acceptors (Lipinski definition) is 0. The third kappa shape index (κ3) is 16.3. The van der Waals surface area contributed by atoms with E-state index in [1.54, 1.807) is 135 Å². The lowest BCUT2D eigenvalue weighted by Crippen LogP contribution is -2.31. The fraction of sp³-hybridized carbons (Fsp3) is 0.223. The molecule has 0 atom stereocenters. The van der Waals surface area contributed by atoms with E-state index < -0.39 is 82.2 Å². The lowest BCUT2D eigenvalue weighted by atomic mass is 9.87. The van der Waals surface area contributed by atoms with Gasteiger partial charge in [-0.15, -0.1) is 0 Å². The summed E-state index contributed by atoms with van der Waals surface area (Å²) in [5.74, 6) is 0. The summed E-state index contributed by atoms with van der Waals surface area (Å²) in [6, 6.07) is 62.2. The highest BCUT2D eigenvalue weighted by atomic mass is 14.9. The molecular formula is C103H110N4+4. The van der Waals surface area contributed by atoms with Gasteiger partial charge in [0.1, 0.15) is 28.2 Å². The largest absolute Gasteiger partial charge is 0.213 e. The summed E-state index contributed by atoms with van der Waals surface area (Å²) in [6.45, 7) is -17.3. The van der Waals surface area contributed by atoms with Gasteiger partial charge in [0.05, 0.1) is 0 Å². The molecule has 14 rings (SSSR count). The van der Waals surface area contributed by atoms with Crippen LogP contribution in [0.5, 0.6) is 0 Å². The van der Waals surface area contributed by atoms with Gasteiger partial charge in [0.15, 0.2) is 24.8 Å². The first-order valence-electron chi connectivity index (χ1n) is 52.9. The summed E-state index contributed by atoms with van der Waals surface area (Å²) in [7, 11) is 7.05. The number of nitrogens with zero attached hydrogens (tertiary/aromatic N) is 4. The van der Waals surface area contributed by atoms with Gasteiger partial charge in [-0.1, -0.05) is 163 Å². The topological polar surface area (TPSA) is 15.5 Å². The highest BCUT2D eigenvalue weighted by molar-refractivity contribution is 5.86. The standard InChI is InChI=1S/2C30H32N.C22H24N.C21H22N/c1-19-11-8-9-14-25(19)30-22(4)15-16-26(24(30)6)28-17-27(23(5)18-31(28)7)29-20(2)12-10-13-21(29)3;1-19-12-14-25(22(4)16-19)28-17-29(31(7)18-23(28)5)27-15-13-21(3)30(24(27)6)26-11-9-8-10-20(26)2;1-15-12-13-21(23(5)14-15)19-10-7-11-20(18(19)4)22-16(2)8-6-9-17(22)3;1-15-9-7-10-16(2)21(15)19-12-8-11-18(17(19)3)20-13-5-6-14-22(20)4/h2*8-18H,1-7H3;6-14H,1-5H3;5-14H,1-4H3/q4*+1/i1D3,2D3,3D3,4D3,5D3;2D3,3D3,4D3,5D3;1D3,2D3;1D3. The first kappa shape index (κ1) is 42.8. The van der Waals surface area contributed by atoms with Crippen molar-refractivity contribution in [1.82, 2.24) is 0 Å². The van der Waals surface area contributed by atoms with Crippen LogP contribution < -0.4 is 18.3 Å². The summed E-state index contributed by atoms with van der Waals surface area (Å²) in [6.07, 6.45) is 6.36. The Labute approximate surface area is 691 Å². The minimum absolute atomic E-state index is 0.00513. The molecule has 0 radical (unpaired) electrons. The Bertz CT molecular complexity index is 7090. The molecule has 0 saturated carbocycles. The number of rotatable bonds is 10. The lowest BCUT2D eigenvalue weighted by Gasteiger charge is -2.17. The molecule has 0 aliphatic heterocycles. The van der Waals surface area contributed by atoms with Gasteiger partial charge in [0.25, 0.3) is 0 Å². The van der Waals surface area contributed by atoms with Gasteiger partial charge < -0.3 is 0 Å². The molecule has 0 spiro atoms. The van der Waals surface area contributed by atoms with Crippen LogP contribution in [0.3, 0.4) is 0 Å². The quantitative estimate of drug-likeness (QED) is 0.121. The van der Waals surface area contributed by atoms with Crippen LogP contribution in [0.25, 0.3) is 112 Å². The normalized spacial score (nSPS) is 17.3. The van der Waals surface area contributed by atoms with Crippen LogP contribution in [0.15, 0.2) is 249 Å². The third-order valence-electron chi connectivity index (χ3n) is 19.7. The number of aromatic nitrogens is 4. The van der Waals surface area contributed by atoms with Crippen LogP contribution in [-0.4, -0.2) is 0 Å². The zero-order valence-electron chi connectivity index (χ0n) is 98.0. The molecule has 0 saturated heterocycles. The highest BCUT2D eigenvalue weighted by Gasteiger charge is 2.25. The Morgan fingerprint density at radius 3 is 1.02 bits per heavy atom. The number of hydrogen-bond donors (Lipinski definition) is 0. The molecule has 0 unspecified atom stereocenters. The van der Waals surface area contributed by atoms with E-state index in [1.807, 2.05) is 102 Å². The molecule has 4 aromatic heterocycles. The first-order chi connectivity index (χ1) is 65.7. The molecular weight excluding hydrogens is 1290 g/mol. The monoisotopic (exact) mass is 1440 g/mol. The van der Waals surface area contributed by atoms with Crippen LogP contribution in [-0.2, 0) is 28.2 Å². The molecule has 0 bridgehead atoms. The average molecular weight is 1440 g/mol. The van der Waals surface area contributed by atoms with Crippen molar-refractivity contribution in [3.8, 4) is 112 Å².